The summed E-state index contributed by atoms with van der Waals surface area (Å²) in [5.41, 5.74) is 3.69. The molecule has 0 fully saturated rings. The summed E-state index contributed by atoms with van der Waals surface area (Å²) in [6.07, 6.45) is 1.99. The molecule has 2 aromatic heterocycles. The first-order chi connectivity index (χ1) is 12.3. The van der Waals surface area contributed by atoms with Crippen molar-refractivity contribution in [3.05, 3.63) is 46.7 Å². The zero-order valence-electron chi connectivity index (χ0n) is 13.8. The molecule has 3 aromatic rings. The fourth-order valence-corrected chi connectivity index (χ4v) is 4.13. The Morgan fingerprint density at radius 3 is 3.00 bits per heavy atom. The van der Waals surface area contributed by atoms with E-state index >= 15 is 0 Å². The molecule has 1 aliphatic heterocycles. The van der Waals surface area contributed by atoms with Gasteiger partial charge < -0.3 is 10.1 Å². The maximum absolute atomic E-state index is 6.20. The Labute approximate surface area is 154 Å². The van der Waals surface area contributed by atoms with Crippen LogP contribution < -0.4 is 10.1 Å². The lowest BCUT2D eigenvalue weighted by molar-refractivity contribution is 0.225. The van der Waals surface area contributed by atoms with Crippen LogP contribution in [0.5, 0.6) is 5.88 Å². The largest absolute Gasteiger partial charge is 0.448 e. The summed E-state index contributed by atoms with van der Waals surface area (Å²) in [7, 11) is 0. The summed E-state index contributed by atoms with van der Waals surface area (Å²) in [6, 6.07) is 10.1. The number of aromatic nitrogens is 3. The van der Waals surface area contributed by atoms with E-state index in [2.05, 4.69) is 38.9 Å². The van der Waals surface area contributed by atoms with Crippen LogP contribution >= 0.6 is 23.1 Å². The molecule has 1 N–H and O–H groups in total. The molecule has 0 amide bonds. The minimum absolute atomic E-state index is 0.293. The highest BCUT2D eigenvalue weighted by atomic mass is 32.2. The Morgan fingerprint density at radius 2 is 2.16 bits per heavy atom. The van der Waals surface area contributed by atoms with Crippen molar-refractivity contribution in [1.29, 1.82) is 0 Å². The number of benzene rings is 1. The van der Waals surface area contributed by atoms with Crippen molar-refractivity contribution in [3.8, 4) is 17.1 Å². The number of para-hydroxylation sites is 1. The monoisotopic (exact) mass is 370 g/mol. The molecule has 0 aliphatic carbocycles. The van der Waals surface area contributed by atoms with E-state index in [0.29, 0.717) is 16.7 Å². The molecule has 128 valence electrons. The molecule has 0 unspecified atom stereocenters. The molecule has 3 heterocycles. The third-order valence-electron chi connectivity index (χ3n) is 3.91. The molecule has 4 rings (SSSR count). The normalized spacial score (nSPS) is 15.5. The number of nitrogens with one attached hydrogen (secondary N) is 1. The predicted octanol–water partition coefficient (Wildman–Crippen LogP) is 5.00. The van der Waals surface area contributed by atoms with Gasteiger partial charge in [0.05, 0.1) is 0 Å². The summed E-state index contributed by atoms with van der Waals surface area (Å²) in [5, 5.41) is 16.9. The van der Waals surface area contributed by atoms with Crippen LogP contribution in [-0.2, 0) is 0 Å². The van der Waals surface area contributed by atoms with Crippen molar-refractivity contribution < 1.29 is 4.74 Å². The van der Waals surface area contributed by atoms with Gasteiger partial charge in [0.15, 0.2) is 11.9 Å². The minimum atomic E-state index is -0.293. The Hall–Kier alpha value is -2.12. The zero-order chi connectivity index (χ0) is 17.1. The molecule has 1 atom stereocenters. The summed E-state index contributed by atoms with van der Waals surface area (Å²) in [5.74, 6) is 1.52. The number of thiophene rings is 1. The van der Waals surface area contributed by atoms with Gasteiger partial charge in [-0.15, -0.1) is 10.2 Å². The molecule has 0 bridgehead atoms. The zero-order valence-corrected chi connectivity index (χ0v) is 15.4. The predicted molar refractivity (Wildman–Crippen MR) is 102 cm³/mol. The number of nitrogens with zero attached hydrogens (tertiary/aromatic N) is 3. The molecule has 1 aromatic carbocycles. The lowest BCUT2D eigenvalue weighted by atomic mass is 10.1. The SMILES string of the molecule is CCCCSc1nnc2c(n1)O[C@@H](c1ccsc1)Nc1ccccc1-2. The molecule has 25 heavy (non-hydrogen) atoms. The van der Waals surface area contributed by atoms with Crippen molar-refractivity contribution in [2.45, 2.75) is 31.1 Å². The molecule has 1 aliphatic rings. The highest BCUT2D eigenvalue weighted by Gasteiger charge is 2.26. The third-order valence-corrected chi connectivity index (χ3v) is 5.53. The van der Waals surface area contributed by atoms with E-state index in [9.17, 15) is 0 Å². The van der Waals surface area contributed by atoms with Gasteiger partial charge in [-0.3, -0.25) is 0 Å². The average Bonchev–Trinajstić information content (AvgIpc) is 3.12. The highest BCUT2D eigenvalue weighted by Crippen LogP contribution is 2.39. The van der Waals surface area contributed by atoms with Gasteiger partial charge in [-0.1, -0.05) is 43.3 Å². The first-order valence-electron chi connectivity index (χ1n) is 8.27. The molecule has 0 saturated heterocycles. The molecule has 0 saturated carbocycles. The van der Waals surface area contributed by atoms with Crippen molar-refractivity contribution in [2.75, 3.05) is 11.1 Å². The fraction of sp³-hybridized carbons (Fsp3) is 0.278. The minimum Gasteiger partial charge on any atom is -0.448 e. The number of rotatable bonds is 5. The van der Waals surface area contributed by atoms with Crippen LogP contribution in [0.1, 0.15) is 31.6 Å². The summed E-state index contributed by atoms with van der Waals surface area (Å²) < 4.78 is 6.20. The number of ether oxygens (including phenoxy) is 1. The second kappa shape index (κ2) is 7.41. The number of fused-ring (bicyclic) bond motifs is 3. The second-order valence-electron chi connectivity index (χ2n) is 5.69. The molecule has 0 spiro atoms. The Kier molecular flexibility index (Phi) is 4.85. The van der Waals surface area contributed by atoms with E-state index in [-0.39, 0.29) is 6.23 Å². The lowest BCUT2D eigenvalue weighted by Gasteiger charge is -2.17. The maximum Gasteiger partial charge on any atom is 0.247 e. The van der Waals surface area contributed by atoms with Crippen LogP contribution in [-0.4, -0.2) is 20.9 Å². The van der Waals surface area contributed by atoms with Gasteiger partial charge in [-0.05, 0) is 29.3 Å². The van der Waals surface area contributed by atoms with Gasteiger partial charge in [0.25, 0.3) is 0 Å². The van der Waals surface area contributed by atoms with Crippen LogP contribution in [0.25, 0.3) is 11.3 Å². The van der Waals surface area contributed by atoms with Crippen LogP contribution in [0.4, 0.5) is 5.69 Å². The number of hydrogen-bond acceptors (Lipinski definition) is 7. The lowest BCUT2D eigenvalue weighted by Crippen LogP contribution is -2.16. The van der Waals surface area contributed by atoms with Gasteiger partial charge in [-0.25, -0.2) is 0 Å². The van der Waals surface area contributed by atoms with E-state index in [1.54, 1.807) is 23.1 Å². The van der Waals surface area contributed by atoms with Gasteiger partial charge >= 0.3 is 0 Å². The van der Waals surface area contributed by atoms with Crippen molar-refractivity contribution in [1.82, 2.24) is 15.2 Å². The van der Waals surface area contributed by atoms with E-state index < -0.39 is 0 Å². The van der Waals surface area contributed by atoms with Crippen LogP contribution in [0.15, 0.2) is 46.2 Å². The topological polar surface area (TPSA) is 59.9 Å². The van der Waals surface area contributed by atoms with Gasteiger partial charge in [0.2, 0.25) is 11.0 Å². The van der Waals surface area contributed by atoms with Crippen LogP contribution in [0, 0.1) is 0 Å². The van der Waals surface area contributed by atoms with Gasteiger partial charge in [-0.2, -0.15) is 16.3 Å². The number of hydrogen-bond donors (Lipinski definition) is 1. The number of anilines is 1. The Bertz CT molecular complexity index is 854. The molecular weight excluding hydrogens is 352 g/mol. The second-order valence-corrected chi connectivity index (χ2v) is 7.54. The van der Waals surface area contributed by atoms with E-state index in [0.717, 1.165) is 35.4 Å². The average molecular weight is 371 g/mol. The van der Waals surface area contributed by atoms with Crippen molar-refractivity contribution in [2.24, 2.45) is 0 Å². The Morgan fingerprint density at radius 1 is 1.24 bits per heavy atom. The first kappa shape index (κ1) is 16.4. The number of unbranched alkanes of at least 4 members (excludes halogenated alkanes) is 1. The van der Waals surface area contributed by atoms with Crippen LogP contribution in [0.3, 0.4) is 0 Å². The van der Waals surface area contributed by atoms with E-state index in [1.165, 1.54) is 0 Å². The molecular formula is C18H18N4OS2. The Balaban J connectivity index is 1.73. The smallest absolute Gasteiger partial charge is 0.247 e. The third kappa shape index (κ3) is 3.48. The molecule has 7 heteroatoms. The standard InChI is InChI=1S/C18H18N4OS2/c1-2-3-9-25-18-20-17-15(21-22-18)13-6-4-5-7-14(13)19-16(23-17)12-8-10-24-11-12/h4-8,10-11,16,19H,2-3,9H2,1H3/t16-/m0/s1. The van der Waals surface area contributed by atoms with Crippen LogP contribution in [0.2, 0.25) is 0 Å². The summed E-state index contributed by atoms with van der Waals surface area (Å²) in [6.45, 7) is 2.17. The highest BCUT2D eigenvalue weighted by molar-refractivity contribution is 7.99. The molecule has 5 nitrogen and oxygen atoms in total. The quantitative estimate of drug-likeness (QED) is 0.504. The fourth-order valence-electron chi connectivity index (χ4n) is 2.59. The summed E-state index contributed by atoms with van der Waals surface area (Å²) >= 11 is 3.27. The van der Waals surface area contributed by atoms with E-state index in [1.807, 2.05) is 29.6 Å². The van der Waals surface area contributed by atoms with Gasteiger partial charge in [0.1, 0.15) is 0 Å². The van der Waals surface area contributed by atoms with Crippen molar-refractivity contribution in [3.63, 3.8) is 0 Å². The summed E-state index contributed by atoms with van der Waals surface area (Å²) in [4.78, 5) is 4.63. The van der Waals surface area contributed by atoms with Gasteiger partial charge in [0, 0.05) is 22.6 Å². The van der Waals surface area contributed by atoms with Crippen molar-refractivity contribution >= 4 is 28.8 Å². The number of thioether (sulfide) groups is 1. The van der Waals surface area contributed by atoms with E-state index in [4.69, 9.17) is 4.74 Å². The maximum atomic E-state index is 6.20. The first-order valence-corrected chi connectivity index (χ1v) is 10.2. The molecule has 0 radical (unpaired) electrons.